The number of ether oxygens (including phenoxy) is 2. The van der Waals surface area contributed by atoms with Crippen molar-refractivity contribution in [3.05, 3.63) is 0 Å². The van der Waals surface area contributed by atoms with E-state index >= 15 is 0 Å². The van der Waals surface area contributed by atoms with Gasteiger partial charge in [-0.3, -0.25) is 18.0 Å². The summed E-state index contributed by atoms with van der Waals surface area (Å²) in [6.45, 7) is 0. The molecule has 8 nitrogen and oxygen atoms in total. The molecule has 0 amide bonds. The highest BCUT2D eigenvalue weighted by molar-refractivity contribution is 7.80. The predicted molar refractivity (Wildman–Crippen MR) is 117 cm³/mol. The number of unbranched alkanes of at least 4 members (excludes halogenated alkanes) is 2. The van der Waals surface area contributed by atoms with Gasteiger partial charge < -0.3 is 9.47 Å². The molecule has 2 aliphatic rings. The van der Waals surface area contributed by atoms with Gasteiger partial charge in [0.15, 0.2) is 34.0 Å². The minimum absolute atomic E-state index is 0.00397. The number of hydrogen-bond donors (Lipinski definition) is 0. The highest BCUT2D eigenvalue weighted by Gasteiger charge is 2.19. The van der Waals surface area contributed by atoms with E-state index in [2.05, 4.69) is 0 Å². The Morgan fingerprint density at radius 3 is 1.39 bits per heavy atom. The van der Waals surface area contributed by atoms with Gasteiger partial charge in [-0.25, -0.2) is 8.42 Å². The molecule has 2 fully saturated rings. The number of rotatable bonds is 14. The molecule has 180 valence electrons. The topological polar surface area (TPSA) is 105 Å². The second-order valence-corrected chi connectivity index (χ2v) is 10.2. The van der Waals surface area contributed by atoms with Crippen LogP contribution in [0.25, 0.3) is 0 Å². The van der Waals surface area contributed by atoms with Gasteiger partial charge in [0.05, 0.1) is 12.2 Å². The van der Waals surface area contributed by atoms with Crippen LogP contribution in [0.4, 0.5) is 0 Å². The number of esters is 2. The van der Waals surface area contributed by atoms with Gasteiger partial charge in [0, 0.05) is 12.8 Å². The van der Waals surface area contributed by atoms with Crippen LogP contribution in [0, 0.1) is 0 Å². The number of carbonyl (C=O) groups excluding carboxylic acids is 2. The summed E-state index contributed by atoms with van der Waals surface area (Å²) >= 11 is -3.20. The average molecular weight is 481 g/mol. The summed E-state index contributed by atoms with van der Waals surface area (Å²) in [4.78, 5) is 23.5. The van der Waals surface area contributed by atoms with Crippen LogP contribution in [0.5, 0.6) is 0 Å². The van der Waals surface area contributed by atoms with E-state index in [9.17, 15) is 18.0 Å². The summed E-state index contributed by atoms with van der Waals surface area (Å²) in [5, 5.41) is 0. The Kier molecular flexibility index (Phi) is 13.5. The Morgan fingerprint density at radius 2 is 1.00 bits per heavy atom. The number of hydrogen-bond acceptors (Lipinski definition) is 8. The molecule has 0 aliphatic heterocycles. The Bertz CT molecular complexity index is 536. The maximum absolute atomic E-state index is 11.8. The summed E-state index contributed by atoms with van der Waals surface area (Å²) in [5.41, 5.74) is 0. The van der Waals surface area contributed by atoms with Gasteiger partial charge in [-0.15, -0.1) is 0 Å². The molecular weight excluding hydrogens is 444 g/mol. The van der Waals surface area contributed by atoms with Crippen molar-refractivity contribution in [2.75, 3.05) is 11.9 Å². The van der Waals surface area contributed by atoms with Crippen LogP contribution in [0.15, 0.2) is 0 Å². The molecule has 2 aliphatic carbocycles. The average Bonchev–Trinajstić information content (AvgIpc) is 2.77. The van der Waals surface area contributed by atoms with Crippen molar-refractivity contribution in [3.63, 3.8) is 0 Å². The summed E-state index contributed by atoms with van der Waals surface area (Å²) in [6.07, 6.45) is 12.6. The van der Waals surface area contributed by atoms with Gasteiger partial charge in [0.1, 0.15) is 0 Å². The molecule has 0 aromatic rings. The molecule has 0 aromatic carbocycles. The minimum atomic E-state index is -1.60. The molecule has 2 unspecified atom stereocenters. The molecule has 2 saturated carbocycles. The fourth-order valence-electron chi connectivity index (χ4n) is 3.77. The van der Waals surface area contributed by atoms with Crippen molar-refractivity contribution in [2.24, 2.45) is 0 Å². The van der Waals surface area contributed by atoms with Crippen molar-refractivity contribution >= 4 is 34.1 Å². The van der Waals surface area contributed by atoms with Crippen LogP contribution in [0.2, 0.25) is 0 Å². The largest absolute Gasteiger partial charge is 0.449 e. The Hall–Kier alpha value is -0.840. The summed E-state index contributed by atoms with van der Waals surface area (Å²) in [5.74, 6) is -1.31. The molecular formula is C21H36O8S2. The van der Waals surface area contributed by atoms with Crippen LogP contribution < -0.4 is 0 Å². The van der Waals surface area contributed by atoms with Gasteiger partial charge in [-0.1, -0.05) is 44.9 Å². The lowest BCUT2D eigenvalue weighted by atomic mass is 9.98. The molecule has 10 heteroatoms. The van der Waals surface area contributed by atoms with Gasteiger partial charge in [-0.2, -0.15) is 0 Å². The molecule has 0 spiro atoms. The molecule has 0 bridgehead atoms. The maximum atomic E-state index is 11.8. The van der Waals surface area contributed by atoms with Gasteiger partial charge >= 0.3 is 11.9 Å². The first-order valence-corrected chi connectivity index (χ1v) is 13.9. The lowest BCUT2D eigenvalue weighted by molar-refractivity contribution is -0.142. The first-order valence-electron chi connectivity index (χ1n) is 11.4. The summed E-state index contributed by atoms with van der Waals surface area (Å²) < 4.78 is 44.4. The molecule has 0 heterocycles. The Morgan fingerprint density at radius 1 is 0.613 bits per heavy atom. The second kappa shape index (κ2) is 15.9. The molecule has 0 saturated heterocycles. The number of carbonyl (C=O) groups is 2. The normalized spacial score (nSPS) is 20.1. The zero-order valence-electron chi connectivity index (χ0n) is 18.3. The minimum Gasteiger partial charge on any atom is -0.449 e. The molecule has 0 N–H and O–H groups in total. The van der Waals surface area contributed by atoms with Crippen LogP contribution in [0.3, 0.4) is 0 Å². The van der Waals surface area contributed by atoms with Crippen molar-refractivity contribution in [1.29, 1.82) is 0 Å². The van der Waals surface area contributed by atoms with E-state index in [1.54, 1.807) is 0 Å². The Balaban J connectivity index is 1.42. The van der Waals surface area contributed by atoms with Crippen molar-refractivity contribution in [2.45, 2.75) is 109 Å². The van der Waals surface area contributed by atoms with Gasteiger partial charge in [0.25, 0.3) is 0 Å². The zero-order valence-corrected chi connectivity index (χ0v) is 19.9. The van der Waals surface area contributed by atoms with E-state index in [1.807, 2.05) is 0 Å². The summed E-state index contributed by atoms with van der Waals surface area (Å²) in [7, 11) is 0. The smallest absolute Gasteiger partial charge is 0.306 e. The Labute approximate surface area is 190 Å². The van der Waals surface area contributed by atoms with E-state index in [1.165, 1.54) is 12.8 Å². The quantitative estimate of drug-likeness (QED) is 0.272. The zero-order chi connectivity index (χ0) is 22.3. The van der Waals surface area contributed by atoms with E-state index in [0.717, 1.165) is 51.4 Å². The van der Waals surface area contributed by atoms with E-state index < -0.39 is 34.1 Å². The highest BCUT2D eigenvalue weighted by Crippen LogP contribution is 2.22. The monoisotopic (exact) mass is 480 g/mol. The molecule has 0 aromatic heterocycles. The molecule has 2 atom stereocenters. The predicted octanol–water partition coefficient (Wildman–Crippen LogP) is 3.96. The fourth-order valence-corrected chi connectivity index (χ4v) is 5.33. The fraction of sp³-hybridized carbons (Fsp3) is 0.905. The van der Waals surface area contributed by atoms with Crippen molar-refractivity contribution < 1.29 is 35.8 Å². The molecule has 0 radical (unpaired) electrons. The van der Waals surface area contributed by atoms with E-state index in [4.69, 9.17) is 17.8 Å². The lowest BCUT2D eigenvalue weighted by Gasteiger charge is -2.20. The maximum Gasteiger partial charge on any atom is 0.306 e. The standard InChI is InChI=1S/C21H36O8S2/c22-20(26-16-30(24)28-18-10-4-1-5-11-18)14-8-3-9-15-21(23)27-17-31(25)29-19-12-6-2-7-13-19/h18-19H,1-17H2. The first kappa shape index (κ1) is 26.4. The van der Waals surface area contributed by atoms with Crippen molar-refractivity contribution in [1.82, 2.24) is 0 Å². The first-order chi connectivity index (χ1) is 15.0. The van der Waals surface area contributed by atoms with Crippen LogP contribution in [-0.4, -0.2) is 44.4 Å². The second-order valence-electron chi connectivity index (χ2n) is 8.15. The van der Waals surface area contributed by atoms with Crippen LogP contribution >= 0.6 is 0 Å². The molecule has 31 heavy (non-hydrogen) atoms. The van der Waals surface area contributed by atoms with Gasteiger partial charge in [-0.05, 0) is 38.5 Å². The highest BCUT2D eigenvalue weighted by atomic mass is 32.2. The van der Waals surface area contributed by atoms with E-state index in [0.29, 0.717) is 19.3 Å². The third-order valence-corrected chi connectivity index (χ3v) is 7.08. The third-order valence-electron chi connectivity index (χ3n) is 5.49. The molecule has 2 rings (SSSR count). The summed E-state index contributed by atoms with van der Waals surface area (Å²) in [6, 6.07) is 0. The lowest BCUT2D eigenvalue weighted by Crippen LogP contribution is -2.21. The van der Waals surface area contributed by atoms with Crippen LogP contribution in [0.1, 0.15) is 96.3 Å². The SMILES string of the molecule is O=C(CCCCCC(=O)OCS(=O)OC1CCCCC1)OCS(=O)OC1CCCCC1. The van der Waals surface area contributed by atoms with Crippen molar-refractivity contribution in [3.8, 4) is 0 Å². The van der Waals surface area contributed by atoms with Gasteiger partial charge in [0.2, 0.25) is 0 Å². The third kappa shape index (κ3) is 12.7. The van der Waals surface area contributed by atoms with E-state index in [-0.39, 0.29) is 36.9 Å². The van der Waals surface area contributed by atoms with Crippen LogP contribution in [-0.2, 0) is 49.6 Å².